The highest BCUT2D eigenvalue weighted by atomic mass is 16.6. The monoisotopic (exact) mass is 337 g/mol. The van der Waals surface area contributed by atoms with Gasteiger partial charge in [-0.15, -0.1) is 0 Å². The van der Waals surface area contributed by atoms with E-state index in [1.165, 1.54) is 0 Å². The van der Waals surface area contributed by atoms with Crippen LogP contribution in [0.1, 0.15) is 13.8 Å². The van der Waals surface area contributed by atoms with Crippen molar-refractivity contribution in [1.82, 2.24) is 0 Å². The molecule has 0 aliphatic heterocycles. The Hall–Kier alpha value is -3.21. The van der Waals surface area contributed by atoms with Gasteiger partial charge in [-0.25, -0.2) is 4.79 Å². The Bertz CT molecular complexity index is 888. The third kappa shape index (κ3) is 4.41. The lowest BCUT2D eigenvalue weighted by Crippen LogP contribution is -2.16. The molecule has 0 radical (unpaired) electrons. The van der Waals surface area contributed by atoms with Gasteiger partial charge in [0.05, 0.1) is 6.10 Å². The molecular formula is C20H19NO4. The number of phenolic OH excluding ortho intramolecular Hbond substituents is 1. The summed E-state index contributed by atoms with van der Waals surface area (Å²) in [6.45, 7) is 3.89. The molecule has 25 heavy (non-hydrogen) atoms. The van der Waals surface area contributed by atoms with Gasteiger partial charge in [-0.05, 0) is 73.2 Å². The summed E-state index contributed by atoms with van der Waals surface area (Å²) in [5, 5.41) is 14.0. The van der Waals surface area contributed by atoms with Crippen molar-refractivity contribution in [3.63, 3.8) is 0 Å². The number of hydrogen-bond acceptors (Lipinski definition) is 4. The summed E-state index contributed by atoms with van der Waals surface area (Å²) in [7, 11) is 0. The minimum Gasteiger partial charge on any atom is -0.508 e. The van der Waals surface area contributed by atoms with Gasteiger partial charge >= 0.3 is 6.09 Å². The third-order valence-electron chi connectivity index (χ3n) is 3.48. The van der Waals surface area contributed by atoms with E-state index >= 15 is 0 Å². The van der Waals surface area contributed by atoms with E-state index in [9.17, 15) is 9.90 Å². The maximum atomic E-state index is 12.0. The molecule has 0 fully saturated rings. The van der Waals surface area contributed by atoms with Gasteiger partial charge in [0, 0.05) is 5.69 Å². The molecule has 0 unspecified atom stereocenters. The fourth-order valence-corrected chi connectivity index (χ4v) is 2.42. The van der Waals surface area contributed by atoms with Crippen molar-refractivity contribution in [3.8, 4) is 17.2 Å². The number of carbonyl (C=O) groups is 1. The van der Waals surface area contributed by atoms with Crippen LogP contribution < -0.4 is 14.8 Å². The summed E-state index contributed by atoms with van der Waals surface area (Å²) < 4.78 is 10.8. The maximum Gasteiger partial charge on any atom is 0.417 e. The number of aromatic hydroxyl groups is 1. The number of carbonyl (C=O) groups excluding carboxylic acids is 1. The highest BCUT2D eigenvalue weighted by molar-refractivity contribution is 5.92. The second-order valence-electron chi connectivity index (χ2n) is 5.90. The van der Waals surface area contributed by atoms with Gasteiger partial charge in [0.2, 0.25) is 0 Å². The van der Waals surface area contributed by atoms with Crippen molar-refractivity contribution in [1.29, 1.82) is 0 Å². The molecule has 0 saturated carbocycles. The number of amides is 1. The quantitative estimate of drug-likeness (QED) is 0.707. The van der Waals surface area contributed by atoms with Crippen molar-refractivity contribution in [2.24, 2.45) is 0 Å². The summed E-state index contributed by atoms with van der Waals surface area (Å²) in [6, 6.07) is 17.3. The first-order valence-corrected chi connectivity index (χ1v) is 7.98. The fraction of sp³-hybridized carbons (Fsp3) is 0.150. The average Bonchev–Trinajstić information content (AvgIpc) is 2.56. The second kappa shape index (κ2) is 7.13. The number of anilines is 1. The lowest BCUT2D eigenvalue weighted by molar-refractivity contribution is 0.214. The topological polar surface area (TPSA) is 67.8 Å². The van der Waals surface area contributed by atoms with Crippen molar-refractivity contribution in [2.75, 3.05) is 5.32 Å². The maximum absolute atomic E-state index is 12.0. The van der Waals surface area contributed by atoms with Crippen LogP contribution in [0.5, 0.6) is 17.2 Å². The van der Waals surface area contributed by atoms with Gasteiger partial charge < -0.3 is 14.6 Å². The molecule has 1 amide bonds. The Morgan fingerprint density at radius 2 is 1.56 bits per heavy atom. The van der Waals surface area contributed by atoms with Gasteiger partial charge in [0.25, 0.3) is 0 Å². The van der Waals surface area contributed by atoms with Crippen molar-refractivity contribution in [3.05, 3.63) is 60.7 Å². The van der Waals surface area contributed by atoms with E-state index in [-0.39, 0.29) is 11.9 Å². The first-order valence-electron chi connectivity index (χ1n) is 7.98. The molecule has 0 aromatic heterocycles. The Kier molecular flexibility index (Phi) is 4.75. The van der Waals surface area contributed by atoms with Crippen LogP contribution in [-0.2, 0) is 0 Å². The van der Waals surface area contributed by atoms with E-state index in [4.69, 9.17) is 9.47 Å². The number of ether oxygens (including phenoxy) is 2. The summed E-state index contributed by atoms with van der Waals surface area (Å²) >= 11 is 0. The molecule has 3 aromatic carbocycles. The minimum absolute atomic E-state index is 0.0879. The smallest absolute Gasteiger partial charge is 0.417 e. The number of fused-ring (bicyclic) bond motifs is 1. The highest BCUT2D eigenvalue weighted by Gasteiger charge is 2.07. The van der Waals surface area contributed by atoms with Crippen LogP contribution in [0.25, 0.3) is 10.8 Å². The van der Waals surface area contributed by atoms with Gasteiger partial charge in [0.15, 0.2) is 0 Å². The number of nitrogens with one attached hydrogen (secondary N) is 1. The Morgan fingerprint density at radius 3 is 2.28 bits per heavy atom. The van der Waals surface area contributed by atoms with Gasteiger partial charge in [-0.1, -0.05) is 12.1 Å². The van der Waals surface area contributed by atoms with Crippen LogP contribution in [0.3, 0.4) is 0 Å². The number of phenols is 1. The van der Waals surface area contributed by atoms with Crippen LogP contribution in [0, 0.1) is 0 Å². The lowest BCUT2D eigenvalue weighted by atomic mass is 10.1. The normalized spacial score (nSPS) is 10.7. The van der Waals surface area contributed by atoms with E-state index < -0.39 is 6.09 Å². The molecule has 5 nitrogen and oxygen atoms in total. The van der Waals surface area contributed by atoms with Gasteiger partial charge in [-0.3, -0.25) is 5.32 Å². The van der Waals surface area contributed by atoms with Crippen molar-refractivity contribution < 1.29 is 19.4 Å². The molecule has 0 spiro atoms. The molecule has 0 heterocycles. The molecule has 0 atom stereocenters. The predicted molar refractivity (Wildman–Crippen MR) is 97.5 cm³/mol. The lowest BCUT2D eigenvalue weighted by Gasteiger charge is -2.11. The number of rotatable bonds is 4. The second-order valence-corrected chi connectivity index (χ2v) is 5.90. The van der Waals surface area contributed by atoms with Crippen molar-refractivity contribution >= 4 is 22.6 Å². The first-order chi connectivity index (χ1) is 12.0. The van der Waals surface area contributed by atoms with E-state index in [1.54, 1.807) is 48.5 Å². The molecule has 3 aromatic rings. The zero-order valence-electron chi connectivity index (χ0n) is 14.0. The van der Waals surface area contributed by atoms with Crippen LogP contribution in [0.15, 0.2) is 60.7 Å². The molecule has 0 aliphatic rings. The number of hydrogen-bond donors (Lipinski definition) is 2. The first kappa shape index (κ1) is 16.6. The minimum atomic E-state index is -0.573. The average molecular weight is 337 g/mol. The third-order valence-corrected chi connectivity index (χ3v) is 3.48. The zero-order chi connectivity index (χ0) is 17.8. The highest BCUT2D eigenvalue weighted by Crippen LogP contribution is 2.24. The molecular weight excluding hydrogens is 318 g/mol. The zero-order valence-corrected chi connectivity index (χ0v) is 14.0. The fourth-order valence-electron chi connectivity index (χ4n) is 2.42. The van der Waals surface area contributed by atoms with E-state index in [1.807, 2.05) is 26.0 Å². The van der Waals surface area contributed by atoms with Crippen LogP contribution >= 0.6 is 0 Å². The van der Waals surface area contributed by atoms with Crippen LogP contribution in [-0.4, -0.2) is 17.3 Å². The van der Waals surface area contributed by atoms with Crippen LogP contribution in [0.4, 0.5) is 10.5 Å². The Labute approximate surface area is 145 Å². The molecule has 5 heteroatoms. The molecule has 2 N–H and O–H groups in total. The van der Waals surface area contributed by atoms with Gasteiger partial charge in [-0.2, -0.15) is 0 Å². The molecule has 0 aliphatic carbocycles. The summed E-state index contributed by atoms with van der Waals surface area (Å²) in [6.07, 6.45) is -0.486. The van der Waals surface area contributed by atoms with E-state index in [2.05, 4.69) is 5.32 Å². The Morgan fingerprint density at radius 1 is 0.920 bits per heavy atom. The summed E-state index contributed by atoms with van der Waals surface area (Å²) in [5.74, 6) is 1.36. The van der Waals surface area contributed by atoms with E-state index in [0.29, 0.717) is 11.4 Å². The Balaban J connectivity index is 1.65. The van der Waals surface area contributed by atoms with Crippen molar-refractivity contribution in [2.45, 2.75) is 20.0 Å². The standard InChI is InChI=1S/C20H19NO4/c1-13(2)24-18-7-9-19(10-8-18)25-20(23)21-16-5-3-15-12-17(22)6-4-14(15)11-16/h3-13,22H,1-2H3,(H,21,23). The largest absolute Gasteiger partial charge is 0.508 e. The molecule has 128 valence electrons. The molecule has 0 bridgehead atoms. The summed E-state index contributed by atoms with van der Waals surface area (Å²) in [5.41, 5.74) is 0.614. The number of benzene rings is 3. The van der Waals surface area contributed by atoms with E-state index in [0.717, 1.165) is 16.5 Å². The summed E-state index contributed by atoms with van der Waals surface area (Å²) in [4.78, 5) is 12.0. The SMILES string of the molecule is CC(C)Oc1ccc(OC(=O)Nc2ccc3cc(O)ccc3c2)cc1. The predicted octanol–water partition coefficient (Wildman–Crippen LogP) is 4.94. The van der Waals surface area contributed by atoms with Gasteiger partial charge in [0.1, 0.15) is 17.2 Å². The molecule has 0 saturated heterocycles. The molecule has 3 rings (SSSR count). The van der Waals surface area contributed by atoms with Crippen LogP contribution in [0.2, 0.25) is 0 Å².